The third kappa shape index (κ3) is 4.50. The minimum Gasteiger partial charge on any atom is -0.353 e. The lowest BCUT2D eigenvalue weighted by Crippen LogP contribution is -2.03. The summed E-state index contributed by atoms with van der Waals surface area (Å²) in [5.74, 6) is 0.778. The quantitative estimate of drug-likeness (QED) is 0.148. The molecule has 0 unspecified atom stereocenters. The van der Waals surface area contributed by atoms with Crippen molar-refractivity contribution in [2.45, 2.75) is 25.7 Å². The molecule has 10 heteroatoms. The highest BCUT2D eigenvalue weighted by Crippen LogP contribution is 2.36. The first-order valence-electron chi connectivity index (χ1n) is 11.3. The van der Waals surface area contributed by atoms with Crippen LogP contribution in [0.1, 0.15) is 17.0 Å². The molecule has 184 valence electrons. The molecular weight excluding hydrogens is 554 g/mol. The number of aromatic amines is 1. The van der Waals surface area contributed by atoms with Crippen LogP contribution in [-0.4, -0.2) is 25.8 Å². The molecular formula is C26H26BrN7S2. The number of pyridine rings is 1. The Kier molecular flexibility index (Phi) is 7.03. The summed E-state index contributed by atoms with van der Waals surface area (Å²) in [6.45, 7) is 6.39. The Balaban J connectivity index is 1.59. The summed E-state index contributed by atoms with van der Waals surface area (Å²) in [4.78, 5) is 14.0. The van der Waals surface area contributed by atoms with Gasteiger partial charge in [-0.25, -0.2) is 9.97 Å². The number of imidazole rings is 1. The predicted octanol–water partition coefficient (Wildman–Crippen LogP) is 7.50. The minimum atomic E-state index is 0.715. The van der Waals surface area contributed by atoms with Gasteiger partial charge in [0.15, 0.2) is 5.65 Å². The van der Waals surface area contributed by atoms with Gasteiger partial charge in [-0.3, -0.25) is 5.14 Å². The number of nitrogens with one attached hydrogen (secondary N) is 3. The molecule has 7 nitrogen and oxygen atoms in total. The summed E-state index contributed by atoms with van der Waals surface area (Å²) in [5.41, 5.74) is 9.99. The maximum Gasteiger partial charge on any atom is 0.159 e. The molecule has 0 aliphatic heterocycles. The summed E-state index contributed by atoms with van der Waals surface area (Å²) in [5, 5.41) is 9.23. The molecule has 2 aromatic carbocycles. The van der Waals surface area contributed by atoms with E-state index >= 15 is 0 Å². The maximum absolute atomic E-state index is 5.75. The van der Waals surface area contributed by atoms with E-state index in [4.69, 9.17) is 10.1 Å². The minimum absolute atomic E-state index is 0.715. The molecule has 5 N–H and O–H groups in total. The normalized spacial score (nSPS) is 11.3. The first-order valence-corrected chi connectivity index (χ1v) is 14.2. The van der Waals surface area contributed by atoms with Crippen LogP contribution in [-0.2, 0) is 0 Å². The lowest BCUT2D eigenvalue weighted by molar-refractivity contribution is 0.956. The molecule has 0 aliphatic rings. The average Bonchev–Trinajstić information content (AvgIpc) is 3.43. The van der Waals surface area contributed by atoms with Crippen LogP contribution in [0.25, 0.3) is 28.2 Å². The molecule has 5 rings (SSSR count). The number of nitrogens with two attached hydrogens (primary N) is 1. The highest BCUT2D eigenvalue weighted by Gasteiger charge is 2.19. The van der Waals surface area contributed by atoms with Crippen molar-refractivity contribution in [3.05, 3.63) is 76.2 Å². The van der Waals surface area contributed by atoms with Crippen molar-refractivity contribution >= 4 is 68.1 Å². The van der Waals surface area contributed by atoms with Crippen molar-refractivity contribution in [3.63, 3.8) is 0 Å². The summed E-state index contributed by atoms with van der Waals surface area (Å²) in [6.07, 6.45) is 3.81. The van der Waals surface area contributed by atoms with E-state index in [0.717, 1.165) is 60.4 Å². The van der Waals surface area contributed by atoms with Gasteiger partial charge < -0.3 is 19.6 Å². The van der Waals surface area contributed by atoms with Gasteiger partial charge in [-0.1, -0.05) is 24.1 Å². The fraction of sp³-hybridized carbons (Fsp3) is 0.154. The van der Waals surface area contributed by atoms with Gasteiger partial charge in [0.25, 0.3) is 0 Å². The number of H-pyrrole nitrogens is 1. The maximum atomic E-state index is 5.75. The Morgan fingerprint density at radius 1 is 1.08 bits per heavy atom. The molecule has 0 aliphatic carbocycles. The summed E-state index contributed by atoms with van der Waals surface area (Å²) in [7, 11) is 0. The van der Waals surface area contributed by atoms with E-state index in [2.05, 4.69) is 85.5 Å². The molecule has 0 amide bonds. The molecule has 0 spiro atoms. The van der Waals surface area contributed by atoms with Crippen LogP contribution in [0.15, 0.2) is 64.1 Å². The van der Waals surface area contributed by atoms with Crippen LogP contribution in [0, 0.1) is 20.8 Å². The molecule has 0 fully saturated rings. The molecule has 0 bridgehead atoms. The lowest BCUT2D eigenvalue weighted by atomic mass is 10.1. The molecule has 0 saturated heterocycles. The van der Waals surface area contributed by atoms with E-state index in [-0.39, 0.29) is 0 Å². The SMILES string of the molecule is CSNc1cccc(-n2c(C)cc(-c3nc4c(Nc5cccc(SN)c5)c(Br)cnc4[nH]3)c2C)c1C. The van der Waals surface area contributed by atoms with E-state index in [1.54, 1.807) is 18.1 Å². The van der Waals surface area contributed by atoms with Crippen molar-refractivity contribution in [1.82, 2.24) is 19.5 Å². The first kappa shape index (κ1) is 24.8. The molecule has 3 heterocycles. The van der Waals surface area contributed by atoms with Crippen molar-refractivity contribution in [2.24, 2.45) is 5.14 Å². The van der Waals surface area contributed by atoms with Gasteiger partial charge in [-0.2, -0.15) is 0 Å². The van der Waals surface area contributed by atoms with E-state index in [1.165, 1.54) is 17.5 Å². The monoisotopic (exact) mass is 579 g/mol. The van der Waals surface area contributed by atoms with E-state index in [1.807, 2.05) is 30.5 Å². The van der Waals surface area contributed by atoms with E-state index < -0.39 is 0 Å². The van der Waals surface area contributed by atoms with E-state index in [9.17, 15) is 0 Å². The van der Waals surface area contributed by atoms with Gasteiger partial charge in [0.05, 0.1) is 15.8 Å². The van der Waals surface area contributed by atoms with Crippen LogP contribution in [0.3, 0.4) is 0 Å². The van der Waals surface area contributed by atoms with Gasteiger partial charge in [-0.15, -0.1) is 0 Å². The average molecular weight is 581 g/mol. The largest absolute Gasteiger partial charge is 0.353 e. The number of aromatic nitrogens is 4. The second-order valence-corrected chi connectivity index (χ2v) is 10.6. The Hall–Kier alpha value is -2.92. The van der Waals surface area contributed by atoms with Gasteiger partial charge in [-0.05, 0) is 90.6 Å². The lowest BCUT2D eigenvalue weighted by Gasteiger charge is -2.16. The summed E-state index contributed by atoms with van der Waals surface area (Å²) < 4.78 is 6.49. The summed E-state index contributed by atoms with van der Waals surface area (Å²) in [6, 6.07) is 16.5. The summed E-state index contributed by atoms with van der Waals surface area (Å²) >= 11 is 6.45. The van der Waals surface area contributed by atoms with Crippen LogP contribution < -0.4 is 15.2 Å². The zero-order valence-corrected chi connectivity index (χ0v) is 23.5. The molecule has 5 aromatic rings. The van der Waals surface area contributed by atoms with Gasteiger partial charge >= 0.3 is 0 Å². The van der Waals surface area contributed by atoms with Crippen LogP contribution in [0.2, 0.25) is 0 Å². The molecule has 3 aromatic heterocycles. The second kappa shape index (κ2) is 10.2. The third-order valence-corrected chi connectivity index (χ3v) is 7.70. The number of hydrogen-bond acceptors (Lipinski definition) is 7. The van der Waals surface area contributed by atoms with Crippen molar-refractivity contribution in [2.75, 3.05) is 16.3 Å². The number of rotatable bonds is 7. The fourth-order valence-electron chi connectivity index (χ4n) is 4.43. The number of aryl methyl sites for hydroxylation is 1. The number of benzene rings is 2. The highest BCUT2D eigenvalue weighted by atomic mass is 79.9. The molecule has 36 heavy (non-hydrogen) atoms. The van der Waals surface area contributed by atoms with Crippen molar-refractivity contribution in [1.29, 1.82) is 0 Å². The second-order valence-electron chi connectivity index (χ2n) is 8.41. The van der Waals surface area contributed by atoms with Crippen LogP contribution in [0.5, 0.6) is 0 Å². The Bertz CT molecular complexity index is 1570. The van der Waals surface area contributed by atoms with Gasteiger partial charge in [0.1, 0.15) is 11.3 Å². The first-order chi connectivity index (χ1) is 17.4. The fourth-order valence-corrected chi connectivity index (χ4v) is 5.61. The third-order valence-electron chi connectivity index (χ3n) is 6.15. The number of fused-ring (bicyclic) bond motifs is 1. The topological polar surface area (TPSA) is 96.6 Å². The van der Waals surface area contributed by atoms with Crippen LogP contribution in [0.4, 0.5) is 17.1 Å². The standard InChI is InChI=1S/C26H26BrN7S2/c1-14-11-19(16(3)34(14)22-10-6-9-21(15(22)2)33-35-4)25-31-24-23(20(27)13-29-26(24)32-25)30-17-7-5-8-18(12-17)36-28/h5-13,33H,28H2,1-4H3,(H2,29,30,31,32). The molecule has 0 radical (unpaired) electrons. The highest BCUT2D eigenvalue weighted by molar-refractivity contribution is 9.10. The van der Waals surface area contributed by atoms with Gasteiger partial charge in [0.2, 0.25) is 0 Å². The van der Waals surface area contributed by atoms with E-state index in [0.29, 0.717) is 5.65 Å². The zero-order valence-electron chi connectivity index (χ0n) is 20.3. The van der Waals surface area contributed by atoms with Crippen molar-refractivity contribution in [3.8, 4) is 17.1 Å². The zero-order chi connectivity index (χ0) is 25.4. The number of halogens is 1. The smallest absolute Gasteiger partial charge is 0.159 e. The number of anilines is 3. The predicted molar refractivity (Wildman–Crippen MR) is 157 cm³/mol. The molecule has 0 saturated carbocycles. The number of hydrogen-bond donors (Lipinski definition) is 4. The van der Waals surface area contributed by atoms with Gasteiger partial charge in [0, 0.05) is 45.7 Å². The Morgan fingerprint density at radius 2 is 1.89 bits per heavy atom. The molecule has 0 atom stereocenters. The Labute approximate surface area is 227 Å². The Morgan fingerprint density at radius 3 is 2.67 bits per heavy atom. The van der Waals surface area contributed by atoms with Crippen LogP contribution >= 0.6 is 39.8 Å². The van der Waals surface area contributed by atoms with Crippen molar-refractivity contribution < 1.29 is 0 Å². The number of nitrogens with zero attached hydrogens (tertiary/aromatic N) is 3.